The summed E-state index contributed by atoms with van der Waals surface area (Å²) in [7, 11) is 17.8. The number of nitrogens with two attached hydrogens (primary N) is 2. The van der Waals surface area contributed by atoms with Crippen molar-refractivity contribution in [2.24, 2.45) is 11.5 Å². The molecule has 354 valence electrons. The van der Waals surface area contributed by atoms with Crippen LogP contribution in [0.25, 0.3) is 33.3 Å². The normalized spacial score (nSPS) is 10.7. The zero-order valence-electron chi connectivity index (χ0n) is 38.7. The highest BCUT2D eigenvalue weighted by atomic mass is 35.8. The Morgan fingerprint density at radius 1 is 0.623 bits per heavy atom. The van der Waals surface area contributed by atoms with Gasteiger partial charge in [-0.05, 0) is 82.5 Å². The van der Waals surface area contributed by atoms with E-state index in [1.807, 2.05) is 97.4 Å². The molecular weight excluding hydrogens is 950 g/mol. The number of primary amides is 2. The molecule has 4 N–H and O–H groups in total. The van der Waals surface area contributed by atoms with Gasteiger partial charge in [-0.3, -0.25) is 19.2 Å². The third kappa shape index (κ3) is 13.2. The summed E-state index contributed by atoms with van der Waals surface area (Å²) in [5.74, 6) is -1.00. The molecule has 69 heavy (non-hydrogen) atoms. The second-order valence-corrected chi connectivity index (χ2v) is 22.4. The van der Waals surface area contributed by atoms with E-state index in [0.717, 1.165) is 50.3 Å². The maximum absolute atomic E-state index is 12.6. The maximum atomic E-state index is 12.6. The van der Waals surface area contributed by atoms with Gasteiger partial charge in [0.2, 0.25) is 5.91 Å². The minimum absolute atomic E-state index is 0.154. The number of carbonyl (C=O) groups excluding carboxylic acids is 4. The zero-order chi connectivity index (χ0) is 49.6. The molecule has 11 nitrogen and oxygen atoms in total. The molecule has 4 aromatic heterocycles. The van der Waals surface area contributed by atoms with Crippen LogP contribution in [-0.2, 0) is 38.4 Å². The monoisotopic (exact) mass is 1000 g/mol. The lowest BCUT2D eigenvalue weighted by Crippen LogP contribution is -2.23. The molecule has 0 bridgehead atoms. The summed E-state index contributed by atoms with van der Waals surface area (Å²) >= 11 is -1.72. The Morgan fingerprint density at radius 3 is 1.61 bits per heavy atom. The second-order valence-electron chi connectivity index (χ2n) is 15.9. The van der Waals surface area contributed by atoms with E-state index in [9.17, 15) is 19.2 Å². The van der Waals surface area contributed by atoms with Crippen molar-refractivity contribution in [1.82, 2.24) is 8.80 Å². The number of fused-ring (bicyclic) bond motifs is 2. The van der Waals surface area contributed by atoms with E-state index >= 15 is 0 Å². The summed E-state index contributed by atoms with van der Waals surface area (Å²) in [6, 6.07) is 44.5. The molecule has 0 atom stereocenters. The van der Waals surface area contributed by atoms with Gasteiger partial charge >= 0.3 is 17.4 Å². The third-order valence-electron chi connectivity index (χ3n) is 11.7. The third-order valence-corrected chi connectivity index (χ3v) is 11.7. The van der Waals surface area contributed by atoms with Crippen LogP contribution in [0.1, 0.15) is 62.4 Å². The number of amides is 2. The number of aromatic nitrogens is 2. The molecule has 0 fully saturated rings. The first kappa shape index (κ1) is 51.9. The van der Waals surface area contributed by atoms with Crippen LogP contribution < -0.4 is 20.9 Å². The highest BCUT2D eigenvalue weighted by Crippen LogP contribution is 2.34. The number of ether oxygens (including phenoxy) is 3. The summed E-state index contributed by atoms with van der Waals surface area (Å²) in [5.41, 5.74) is 24.5. The van der Waals surface area contributed by atoms with Crippen molar-refractivity contribution in [3.8, 4) is 33.8 Å². The number of carbonyl (C=O) groups is 4. The topological polar surface area (TPSA) is 157 Å². The molecule has 0 spiro atoms. The predicted octanol–water partition coefficient (Wildman–Crippen LogP) is 10.7. The predicted molar refractivity (Wildman–Crippen MR) is 277 cm³/mol. The Hall–Kier alpha value is -6.52. The lowest BCUT2D eigenvalue weighted by Gasteiger charge is -2.12. The Labute approximate surface area is 418 Å². The van der Waals surface area contributed by atoms with Crippen molar-refractivity contribution in [3.05, 3.63) is 191 Å². The minimum atomic E-state index is -1.72. The van der Waals surface area contributed by atoms with E-state index in [0.29, 0.717) is 54.9 Å². The second kappa shape index (κ2) is 24.7. The highest BCUT2D eigenvalue weighted by Gasteiger charge is 2.25. The van der Waals surface area contributed by atoms with E-state index in [1.165, 1.54) is 23.8 Å². The van der Waals surface area contributed by atoms with Crippen LogP contribution in [0.3, 0.4) is 0 Å². The van der Waals surface area contributed by atoms with Crippen LogP contribution in [0.4, 0.5) is 0 Å². The van der Waals surface area contributed by atoms with E-state index in [4.69, 9.17) is 51.1 Å². The van der Waals surface area contributed by atoms with Gasteiger partial charge in [0, 0.05) is 55.2 Å². The van der Waals surface area contributed by atoms with Crippen molar-refractivity contribution in [2.45, 2.75) is 46.0 Å². The van der Waals surface area contributed by atoms with E-state index in [-0.39, 0.29) is 18.3 Å². The summed E-state index contributed by atoms with van der Waals surface area (Å²) in [4.78, 5) is 47.5. The van der Waals surface area contributed by atoms with Crippen molar-refractivity contribution in [2.75, 3.05) is 20.8 Å². The van der Waals surface area contributed by atoms with Gasteiger partial charge in [0.15, 0.2) is 0 Å². The lowest BCUT2D eigenvalue weighted by molar-refractivity contribution is -0.140. The van der Waals surface area contributed by atoms with Gasteiger partial charge in [-0.15, -0.1) is 0 Å². The van der Waals surface area contributed by atoms with Gasteiger partial charge in [-0.1, -0.05) is 109 Å². The van der Waals surface area contributed by atoms with Crippen LogP contribution in [0.15, 0.2) is 146 Å². The number of halogens is 3. The summed E-state index contributed by atoms with van der Waals surface area (Å²) in [5, 5.41) is 0. The van der Waals surface area contributed by atoms with Crippen molar-refractivity contribution in [3.63, 3.8) is 0 Å². The fraction of sp³-hybridized carbons (Fsp3) is 0.185. The zero-order valence-corrected chi connectivity index (χ0v) is 42.1. The molecule has 0 saturated heterocycles. The van der Waals surface area contributed by atoms with Gasteiger partial charge in [0.25, 0.3) is 11.7 Å². The van der Waals surface area contributed by atoms with Crippen molar-refractivity contribution >= 4 is 76.1 Å². The largest absolute Gasteiger partial charge is 0.643 e. The first-order valence-electron chi connectivity index (χ1n) is 22.0. The Bertz CT molecular complexity index is 3080. The van der Waals surface area contributed by atoms with Gasteiger partial charge < -0.3 is 34.5 Å². The molecule has 4 aromatic carbocycles. The van der Waals surface area contributed by atoms with Gasteiger partial charge in [-0.25, -0.2) is 30.1 Å². The molecule has 0 unspecified atom stereocenters. The SMILES string of the molecule is COC(=O)CCCOc1ccn2c(Cc3ccccc3-c3ccccc3)c(C)c(CC(N)=O)c2c1.COc1ccn2c(Cc3ccccc3-c3ccccc3)c(C)c(C(=O)C(N)=O)c2c1.[Cl][Al]([Cl])[Cl]. The average molecular weight is 1000 g/mol. The number of nitrogens with zero attached hydrogens (tertiary/aromatic N) is 2. The summed E-state index contributed by atoms with van der Waals surface area (Å²) in [6.07, 6.45) is 6.16. The Balaban J connectivity index is 0.000000212. The highest BCUT2D eigenvalue weighted by molar-refractivity contribution is 7.54. The van der Waals surface area contributed by atoms with Crippen LogP contribution in [0.2, 0.25) is 0 Å². The van der Waals surface area contributed by atoms with Crippen LogP contribution in [0, 0.1) is 13.8 Å². The fourth-order valence-electron chi connectivity index (χ4n) is 8.40. The first-order chi connectivity index (χ1) is 33.2. The van der Waals surface area contributed by atoms with Crippen LogP contribution >= 0.6 is 30.1 Å². The van der Waals surface area contributed by atoms with Crippen LogP contribution in [0.5, 0.6) is 11.5 Å². The average Bonchev–Trinajstić information content (AvgIpc) is 3.76. The van der Waals surface area contributed by atoms with E-state index < -0.39 is 23.1 Å². The number of esters is 1. The quantitative estimate of drug-likeness (QED) is 0.0321. The Kier molecular flexibility index (Phi) is 18.5. The molecule has 0 aliphatic carbocycles. The van der Waals surface area contributed by atoms with Gasteiger partial charge in [-0.2, -0.15) is 0 Å². The first-order valence-corrected chi connectivity index (χ1v) is 27.3. The molecule has 15 heteroatoms. The van der Waals surface area contributed by atoms with Crippen molar-refractivity contribution < 1.29 is 33.4 Å². The molecular formula is C54H52AlCl3N4O7. The number of methoxy groups -OCH3 is 2. The van der Waals surface area contributed by atoms with Gasteiger partial charge in [0.05, 0.1) is 43.8 Å². The molecule has 4 heterocycles. The smallest absolute Gasteiger partial charge is 0.497 e. The Morgan fingerprint density at radius 2 is 1.10 bits per heavy atom. The maximum Gasteiger partial charge on any atom is 0.643 e. The number of hydrogen-bond acceptors (Lipinski definition) is 7. The molecule has 0 saturated carbocycles. The molecule has 8 rings (SSSR count). The van der Waals surface area contributed by atoms with Gasteiger partial charge in [0.1, 0.15) is 11.5 Å². The van der Waals surface area contributed by atoms with E-state index in [1.54, 1.807) is 13.2 Å². The number of benzene rings is 4. The molecule has 8 aromatic rings. The number of rotatable bonds is 16. The molecule has 2 amide bonds. The van der Waals surface area contributed by atoms with Crippen LogP contribution in [-0.4, -0.2) is 64.6 Å². The lowest BCUT2D eigenvalue weighted by atomic mass is 9.95. The fourth-order valence-corrected chi connectivity index (χ4v) is 8.40. The molecule has 0 aliphatic rings. The number of Topliss-reactive ketones (excluding diaryl/α,β-unsaturated/α-hetero) is 1. The summed E-state index contributed by atoms with van der Waals surface area (Å²) in [6.45, 7) is 4.30. The number of hydrogen-bond donors (Lipinski definition) is 2. The number of ketones is 1. The molecule has 0 aliphatic heterocycles. The van der Waals surface area contributed by atoms with E-state index in [2.05, 4.69) is 69.8 Å². The molecule has 0 radical (unpaired) electrons. The summed E-state index contributed by atoms with van der Waals surface area (Å²) < 4.78 is 19.9. The number of pyridine rings is 2. The minimum Gasteiger partial charge on any atom is -0.497 e. The van der Waals surface area contributed by atoms with Crippen molar-refractivity contribution in [1.29, 1.82) is 0 Å². The standard InChI is InChI=1S/C29H30N2O4.C25H22N2O3.Al.3ClH/c1-20-25(19-28(30)32)27-18-23(35-16-8-13-29(33)34-2)14-15-31(27)26(20)17-22-11-6-7-12-24(22)21-9-4-3-5-10-21;1-16-21(14-18-10-6-7-11-20(18)17-8-4-3-5-9-17)27-13-12-19(30-2)15-22(27)23(16)24(28)25(26)29;;;;/h3-7,9-12,14-15,18H,8,13,16-17,19H2,1-2H3,(H2,30,32);3-13,15H,14H2,1-2H3,(H2,26,29);;3*1H/q;;+3;;;/p-3.